The predicted molar refractivity (Wildman–Crippen MR) is 106 cm³/mol. The van der Waals surface area contributed by atoms with Crippen molar-refractivity contribution in [3.8, 4) is 11.6 Å². The maximum absolute atomic E-state index is 13.2. The van der Waals surface area contributed by atoms with E-state index in [1.807, 2.05) is 72.7 Å². The quantitative estimate of drug-likeness (QED) is 0.543. The average Bonchev–Trinajstić information content (AvgIpc) is 3.36. The van der Waals surface area contributed by atoms with E-state index in [4.69, 9.17) is 4.42 Å². The maximum atomic E-state index is 13.2. The molecule has 0 aliphatic rings. The van der Waals surface area contributed by atoms with Crippen molar-refractivity contribution < 1.29 is 9.21 Å². The number of nitrogens with zero attached hydrogens (tertiary/aromatic N) is 4. The Morgan fingerprint density at radius 3 is 2.44 bits per heavy atom. The van der Waals surface area contributed by atoms with Crippen LogP contribution in [0, 0.1) is 0 Å². The number of likely N-dealkylation sites (N-methyl/N-ethyl adjacent to an activating group) is 1. The first-order valence-corrected chi connectivity index (χ1v) is 10.0. The number of rotatable bonds is 8. The molecule has 1 amide bonds. The lowest BCUT2D eigenvalue weighted by Crippen LogP contribution is -2.34. The van der Waals surface area contributed by atoms with E-state index in [2.05, 4.69) is 10.2 Å². The van der Waals surface area contributed by atoms with Crippen molar-refractivity contribution in [1.29, 1.82) is 0 Å². The summed E-state index contributed by atoms with van der Waals surface area (Å²) in [5.41, 5.74) is 0.963. The van der Waals surface area contributed by atoms with Crippen LogP contribution in [0.5, 0.6) is 0 Å². The Kier molecular flexibility index (Phi) is 6.34. The molecule has 27 heavy (non-hydrogen) atoms. The van der Waals surface area contributed by atoms with Crippen LogP contribution in [-0.2, 0) is 11.3 Å². The van der Waals surface area contributed by atoms with Gasteiger partial charge in [-0.15, -0.1) is 10.2 Å². The summed E-state index contributed by atoms with van der Waals surface area (Å²) in [5.74, 6) is 1.43. The number of benzene rings is 1. The van der Waals surface area contributed by atoms with Crippen molar-refractivity contribution in [1.82, 2.24) is 19.7 Å². The van der Waals surface area contributed by atoms with E-state index in [9.17, 15) is 4.79 Å². The highest BCUT2D eigenvalue weighted by atomic mass is 32.2. The molecule has 0 bridgehead atoms. The van der Waals surface area contributed by atoms with E-state index in [1.165, 1.54) is 11.8 Å². The Labute approximate surface area is 163 Å². The summed E-state index contributed by atoms with van der Waals surface area (Å²) in [6, 6.07) is 13.5. The van der Waals surface area contributed by atoms with Crippen LogP contribution in [0.1, 0.15) is 31.6 Å². The molecule has 142 valence electrons. The zero-order chi connectivity index (χ0) is 19.2. The molecular formula is C20H24N4O2S. The second kappa shape index (κ2) is 8.90. The van der Waals surface area contributed by atoms with Crippen molar-refractivity contribution in [2.45, 2.75) is 37.7 Å². The Morgan fingerprint density at radius 1 is 1.11 bits per heavy atom. The van der Waals surface area contributed by atoms with Crippen LogP contribution in [0.25, 0.3) is 11.6 Å². The third-order valence-corrected chi connectivity index (χ3v) is 5.62. The Morgan fingerprint density at radius 2 is 1.85 bits per heavy atom. The van der Waals surface area contributed by atoms with Gasteiger partial charge in [0.05, 0.1) is 6.26 Å². The fraction of sp³-hybridized carbons (Fsp3) is 0.350. The van der Waals surface area contributed by atoms with E-state index in [1.54, 1.807) is 6.26 Å². The molecule has 2 heterocycles. The molecule has 0 aliphatic carbocycles. The zero-order valence-electron chi connectivity index (χ0n) is 15.8. The molecule has 0 saturated carbocycles. The minimum atomic E-state index is -0.370. The van der Waals surface area contributed by atoms with Crippen LogP contribution in [0.2, 0.25) is 0 Å². The maximum Gasteiger partial charge on any atom is 0.240 e. The molecule has 0 aliphatic heterocycles. The van der Waals surface area contributed by atoms with Crippen molar-refractivity contribution in [3.63, 3.8) is 0 Å². The van der Waals surface area contributed by atoms with E-state index in [0.29, 0.717) is 36.4 Å². The number of aromatic nitrogens is 3. The molecule has 0 spiro atoms. The van der Waals surface area contributed by atoms with Gasteiger partial charge in [-0.1, -0.05) is 42.1 Å². The van der Waals surface area contributed by atoms with Gasteiger partial charge in [0.1, 0.15) is 5.25 Å². The normalized spacial score (nSPS) is 12.1. The van der Waals surface area contributed by atoms with E-state index >= 15 is 0 Å². The molecule has 0 N–H and O–H groups in total. The van der Waals surface area contributed by atoms with Crippen molar-refractivity contribution in [2.75, 3.05) is 13.1 Å². The predicted octanol–water partition coefficient (Wildman–Crippen LogP) is 4.26. The number of thioether (sulfide) groups is 1. The molecule has 0 saturated heterocycles. The molecule has 0 radical (unpaired) electrons. The lowest BCUT2D eigenvalue weighted by molar-refractivity contribution is -0.130. The molecule has 3 aromatic rings. The molecule has 1 unspecified atom stereocenters. The first kappa shape index (κ1) is 19.2. The zero-order valence-corrected chi connectivity index (χ0v) is 16.6. The highest BCUT2D eigenvalue weighted by molar-refractivity contribution is 8.00. The van der Waals surface area contributed by atoms with E-state index < -0.39 is 0 Å². The van der Waals surface area contributed by atoms with Crippen molar-refractivity contribution >= 4 is 17.7 Å². The molecule has 2 aromatic heterocycles. The number of furan rings is 1. The molecule has 0 fully saturated rings. The van der Waals surface area contributed by atoms with Gasteiger partial charge in [-0.25, -0.2) is 0 Å². The standard InChI is InChI=1S/C20H24N4O2S/c1-4-23(5-2)19(25)17(15-11-8-7-9-12-15)27-20-22-21-18(24(20)6-3)16-13-10-14-26-16/h7-14,17H,4-6H2,1-3H3. The monoisotopic (exact) mass is 384 g/mol. The van der Waals surface area contributed by atoms with Crippen LogP contribution in [0.15, 0.2) is 58.3 Å². The second-order valence-electron chi connectivity index (χ2n) is 5.95. The number of carbonyl (C=O) groups is 1. The third-order valence-electron chi connectivity index (χ3n) is 4.40. The van der Waals surface area contributed by atoms with Gasteiger partial charge in [-0.2, -0.15) is 0 Å². The van der Waals surface area contributed by atoms with Crippen LogP contribution >= 0.6 is 11.8 Å². The number of amides is 1. The lowest BCUT2D eigenvalue weighted by Gasteiger charge is -2.25. The third kappa shape index (κ3) is 4.08. The summed E-state index contributed by atoms with van der Waals surface area (Å²) >= 11 is 1.43. The van der Waals surface area contributed by atoms with E-state index in [-0.39, 0.29) is 11.2 Å². The van der Waals surface area contributed by atoms with Gasteiger partial charge in [0.25, 0.3) is 0 Å². The van der Waals surface area contributed by atoms with Gasteiger partial charge in [0.2, 0.25) is 5.91 Å². The Bertz CT molecular complexity index is 858. The van der Waals surface area contributed by atoms with Crippen LogP contribution < -0.4 is 0 Å². The average molecular weight is 385 g/mol. The first-order chi connectivity index (χ1) is 13.2. The lowest BCUT2D eigenvalue weighted by atomic mass is 10.1. The van der Waals surface area contributed by atoms with Gasteiger partial charge in [-0.05, 0) is 38.5 Å². The van der Waals surface area contributed by atoms with Crippen molar-refractivity contribution in [3.05, 3.63) is 54.3 Å². The summed E-state index contributed by atoms with van der Waals surface area (Å²) in [6.45, 7) is 8.07. The van der Waals surface area contributed by atoms with Crippen LogP contribution in [0.4, 0.5) is 0 Å². The highest BCUT2D eigenvalue weighted by Gasteiger charge is 2.28. The fourth-order valence-corrected chi connectivity index (χ4v) is 4.13. The largest absolute Gasteiger partial charge is 0.461 e. The second-order valence-corrected chi connectivity index (χ2v) is 7.02. The highest BCUT2D eigenvalue weighted by Crippen LogP contribution is 2.37. The smallest absolute Gasteiger partial charge is 0.240 e. The number of hydrogen-bond donors (Lipinski definition) is 0. The molecular weight excluding hydrogens is 360 g/mol. The minimum absolute atomic E-state index is 0.0846. The van der Waals surface area contributed by atoms with E-state index in [0.717, 1.165) is 5.56 Å². The summed E-state index contributed by atoms with van der Waals surface area (Å²) in [6.07, 6.45) is 1.62. The van der Waals surface area contributed by atoms with Gasteiger partial charge in [0.15, 0.2) is 16.7 Å². The summed E-state index contributed by atoms with van der Waals surface area (Å²) in [5, 5.41) is 8.98. The minimum Gasteiger partial charge on any atom is -0.461 e. The van der Waals surface area contributed by atoms with Gasteiger partial charge < -0.3 is 9.32 Å². The Hall–Kier alpha value is -2.54. The van der Waals surface area contributed by atoms with Crippen molar-refractivity contribution in [2.24, 2.45) is 0 Å². The van der Waals surface area contributed by atoms with Gasteiger partial charge in [0, 0.05) is 19.6 Å². The number of hydrogen-bond acceptors (Lipinski definition) is 5. The first-order valence-electron chi connectivity index (χ1n) is 9.17. The molecule has 3 rings (SSSR count). The van der Waals surface area contributed by atoms with Gasteiger partial charge in [-0.3, -0.25) is 9.36 Å². The van der Waals surface area contributed by atoms with Crippen LogP contribution in [-0.4, -0.2) is 38.7 Å². The topological polar surface area (TPSA) is 64.2 Å². The summed E-state index contributed by atoms with van der Waals surface area (Å²) < 4.78 is 7.46. The SMILES string of the molecule is CCN(CC)C(=O)C(Sc1nnc(-c2ccco2)n1CC)c1ccccc1. The Balaban J connectivity index is 1.96. The molecule has 1 atom stereocenters. The summed E-state index contributed by atoms with van der Waals surface area (Å²) in [4.78, 5) is 15.0. The molecule has 1 aromatic carbocycles. The fourth-order valence-electron chi connectivity index (χ4n) is 2.94. The number of carbonyl (C=O) groups excluding carboxylic acids is 1. The van der Waals surface area contributed by atoms with Gasteiger partial charge >= 0.3 is 0 Å². The molecule has 6 nitrogen and oxygen atoms in total. The molecule has 7 heteroatoms. The van der Waals surface area contributed by atoms with Crippen LogP contribution in [0.3, 0.4) is 0 Å². The summed E-state index contributed by atoms with van der Waals surface area (Å²) in [7, 11) is 0.